The van der Waals surface area contributed by atoms with Crippen molar-refractivity contribution in [3.8, 4) is 11.5 Å². The Morgan fingerprint density at radius 1 is 1.15 bits per heavy atom. The number of ether oxygens (including phenoxy) is 2. The first-order chi connectivity index (χ1) is 16.1. The molecule has 1 amide bonds. The van der Waals surface area contributed by atoms with Crippen LogP contribution in [-0.2, 0) is 14.8 Å². The average molecular weight is 497 g/mol. The van der Waals surface area contributed by atoms with Crippen LogP contribution in [0.3, 0.4) is 0 Å². The second-order valence-corrected chi connectivity index (χ2v) is 9.01. The quantitative estimate of drug-likeness (QED) is 0.313. The van der Waals surface area contributed by atoms with Gasteiger partial charge in [-0.1, -0.05) is 18.2 Å². The molecule has 13 heteroatoms. The lowest BCUT2D eigenvalue weighted by Crippen LogP contribution is -2.50. The van der Waals surface area contributed by atoms with Crippen LogP contribution < -0.4 is 9.47 Å². The van der Waals surface area contributed by atoms with Crippen molar-refractivity contribution in [2.24, 2.45) is 0 Å². The summed E-state index contributed by atoms with van der Waals surface area (Å²) in [5.74, 6) is -0.579. The fourth-order valence-electron chi connectivity index (χ4n) is 3.36. The number of nitrogens with zero attached hydrogens (tertiary/aromatic N) is 3. The van der Waals surface area contributed by atoms with E-state index in [9.17, 15) is 32.1 Å². The van der Waals surface area contributed by atoms with Crippen LogP contribution in [0, 0.1) is 10.1 Å². The minimum Gasteiger partial charge on any atom is -0.493 e. The zero-order valence-corrected chi connectivity index (χ0v) is 18.8. The summed E-state index contributed by atoms with van der Waals surface area (Å²) in [6.07, 6.45) is 2.49. The van der Waals surface area contributed by atoms with Gasteiger partial charge in [-0.15, -0.1) is 0 Å². The lowest BCUT2D eigenvalue weighted by atomic mass is 10.1. The molecule has 0 aliphatic carbocycles. The minimum absolute atomic E-state index is 0.0104. The van der Waals surface area contributed by atoms with Gasteiger partial charge in [0.2, 0.25) is 15.9 Å². The van der Waals surface area contributed by atoms with Gasteiger partial charge >= 0.3 is 6.61 Å². The number of non-ortho nitro benzene ring substituents is 1. The molecule has 182 valence electrons. The van der Waals surface area contributed by atoms with Gasteiger partial charge in [-0.05, 0) is 18.2 Å². The van der Waals surface area contributed by atoms with Gasteiger partial charge in [0.25, 0.3) is 5.69 Å². The van der Waals surface area contributed by atoms with Gasteiger partial charge in [-0.2, -0.15) is 13.1 Å². The van der Waals surface area contributed by atoms with Crippen molar-refractivity contribution in [1.82, 2.24) is 9.21 Å². The minimum atomic E-state index is -3.98. The number of hydrogen-bond acceptors (Lipinski definition) is 7. The van der Waals surface area contributed by atoms with Crippen LogP contribution >= 0.6 is 0 Å². The molecule has 0 spiro atoms. The highest BCUT2D eigenvalue weighted by Gasteiger charge is 2.30. The maximum absolute atomic E-state index is 12.8. The van der Waals surface area contributed by atoms with E-state index in [1.807, 2.05) is 0 Å². The number of carbonyl (C=O) groups excluding carboxylic acids is 1. The van der Waals surface area contributed by atoms with Crippen LogP contribution in [-0.4, -0.2) is 68.4 Å². The Labute approximate surface area is 194 Å². The molecule has 1 aliphatic heterocycles. The zero-order chi connectivity index (χ0) is 24.9. The van der Waals surface area contributed by atoms with Gasteiger partial charge in [0.1, 0.15) is 0 Å². The molecule has 0 bridgehead atoms. The highest BCUT2D eigenvalue weighted by molar-refractivity contribution is 7.89. The third-order valence-corrected chi connectivity index (χ3v) is 6.95. The van der Waals surface area contributed by atoms with Crippen molar-refractivity contribution in [3.05, 3.63) is 64.2 Å². The summed E-state index contributed by atoms with van der Waals surface area (Å²) in [6.45, 7) is -2.95. The molecule has 2 aromatic rings. The van der Waals surface area contributed by atoms with E-state index in [0.29, 0.717) is 0 Å². The predicted molar refractivity (Wildman–Crippen MR) is 117 cm³/mol. The number of piperazine rings is 1. The number of benzene rings is 2. The zero-order valence-electron chi connectivity index (χ0n) is 18.0. The highest BCUT2D eigenvalue weighted by Crippen LogP contribution is 2.33. The van der Waals surface area contributed by atoms with Crippen LogP contribution in [0.1, 0.15) is 5.56 Å². The number of carbonyl (C=O) groups is 1. The second kappa shape index (κ2) is 10.6. The Hall–Kier alpha value is -3.58. The first-order valence-corrected chi connectivity index (χ1v) is 11.4. The molecule has 2 aromatic carbocycles. The van der Waals surface area contributed by atoms with Crippen molar-refractivity contribution in [2.75, 3.05) is 33.3 Å². The number of nitro groups is 1. The van der Waals surface area contributed by atoms with Gasteiger partial charge in [0.05, 0.1) is 16.9 Å². The average Bonchev–Trinajstić information content (AvgIpc) is 2.83. The molecule has 1 aliphatic rings. The van der Waals surface area contributed by atoms with E-state index in [1.165, 1.54) is 54.5 Å². The number of para-hydroxylation sites is 1. The van der Waals surface area contributed by atoms with Gasteiger partial charge in [-0.3, -0.25) is 14.9 Å². The maximum atomic E-state index is 12.8. The molecule has 0 aromatic heterocycles. The number of hydrogen-bond donors (Lipinski definition) is 0. The molecular weight excluding hydrogens is 476 g/mol. The molecule has 3 rings (SSSR count). The summed E-state index contributed by atoms with van der Waals surface area (Å²) in [5.41, 5.74) is -0.132. The second-order valence-electron chi connectivity index (χ2n) is 7.07. The van der Waals surface area contributed by atoms with Crippen molar-refractivity contribution in [1.29, 1.82) is 0 Å². The van der Waals surface area contributed by atoms with E-state index in [2.05, 4.69) is 4.74 Å². The molecular formula is C21H21F2N3O7S. The summed E-state index contributed by atoms with van der Waals surface area (Å²) >= 11 is 0. The molecule has 0 radical (unpaired) electrons. The monoisotopic (exact) mass is 497 g/mol. The van der Waals surface area contributed by atoms with Crippen LogP contribution in [0.5, 0.6) is 11.5 Å². The lowest BCUT2D eigenvalue weighted by Gasteiger charge is -2.33. The van der Waals surface area contributed by atoms with E-state index in [4.69, 9.17) is 4.74 Å². The number of nitro benzene ring substituents is 1. The van der Waals surface area contributed by atoms with Gasteiger partial charge < -0.3 is 14.4 Å². The molecule has 0 N–H and O–H groups in total. The topological polar surface area (TPSA) is 119 Å². The molecule has 0 unspecified atom stereocenters. The Morgan fingerprint density at radius 3 is 2.44 bits per heavy atom. The van der Waals surface area contributed by atoms with Crippen molar-refractivity contribution >= 4 is 27.7 Å². The van der Waals surface area contributed by atoms with Gasteiger partial charge in [-0.25, -0.2) is 8.42 Å². The largest absolute Gasteiger partial charge is 0.493 e. The van der Waals surface area contributed by atoms with Crippen molar-refractivity contribution in [3.63, 3.8) is 0 Å². The van der Waals surface area contributed by atoms with E-state index in [1.54, 1.807) is 6.07 Å². The maximum Gasteiger partial charge on any atom is 0.387 e. The molecule has 1 saturated heterocycles. The third-order valence-electron chi connectivity index (χ3n) is 5.06. The normalized spacial score (nSPS) is 15.0. The van der Waals surface area contributed by atoms with Gasteiger partial charge in [0, 0.05) is 50.0 Å². The lowest BCUT2D eigenvalue weighted by molar-refractivity contribution is -0.385. The van der Waals surface area contributed by atoms with E-state index >= 15 is 0 Å². The first kappa shape index (κ1) is 25.1. The van der Waals surface area contributed by atoms with E-state index in [-0.39, 0.29) is 53.8 Å². The summed E-state index contributed by atoms with van der Waals surface area (Å²) in [4.78, 5) is 24.0. The Morgan fingerprint density at radius 2 is 1.82 bits per heavy atom. The molecule has 1 heterocycles. The smallest absolute Gasteiger partial charge is 0.387 e. The van der Waals surface area contributed by atoms with Crippen LogP contribution in [0.2, 0.25) is 0 Å². The van der Waals surface area contributed by atoms with E-state index < -0.39 is 27.5 Å². The number of halogens is 2. The SMILES string of the molecule is COc1cccc(/C=C/C(=O)N2CCN(S(=O)(=O)c3cccc([N+](=O)[O-])c3)CC2)c1OC(F)F. The van der Waals surface area contributed by atoms with Crippen molar-refractivity contribution < 1.29 is 36.4 Å². The fourth-order valence-corrected chi connectivity index (χ4v) is 4.82. The summed E-state index contributed by atoms with van der Waals surface area (Å²) < 4.78 is 61.9. The van der Waals surface area contributed by atoms with Crippen LogP contribution in [0.25, 0.3) is 6.08 Å². The first-order valence-electron chi connectivity index (χ1n) is 9.97. The molecule has 0 atom stereocenters. The summed E-state index contributed by atoms with van der Waals surface area (Å²) in [7, 11) is -2.68. The standard InChI is InChI=1S/C21H21F2N3O7S/c1-32-18-7-2-4-15(20(18)33-21(22)23)8-9-19(27)24-10-12-25(13-11-24)34(30,31)17-6-3-5-16(14-17)26(28)29/h2-9,14,21H,10-13H2,1H3/b9-8+. The Kier molecular flexibility index (Phi) is 7.79. The molecule has 10 nitrogen and oxygen atoms in total. The number of rotatable bonds is 8. The number of amides is 1. The van der Waals surface area contributed by atoms with Crippen LogP contribution in [0.15, 0.2) is 53.4 Å². The number of methoxy groups -OCH3 is 1. The fraction of sp³-hybridized carbons (Fsp3) is 0.286. The number of sulfonamides is 1. The van der Waals surface area contributed by atoms with Crippen molar-refractivity contribution in [2.45, 2.75) is 11.5 Å². The third kappa shape index (κ3) is 5.66. The molecule has 1 fully saturated rings. The number of alkyl halides is 2. The highest BCUT2D eigenvalue weighted by atomic mass is 32.2. The van der Waals surface area contributed by atoms with Crippen LogP contribution in [0.4, 0.5) is 14.5 Å². The Bertz CT molecular complexity index is 1200. The molecule has 34 heavy (non-hydrogen) atoms. The Balaban J connectivity index is 1.68. The molecule has 0 saturated carbocycles. The summed E-state index contributed by atoms with van der Waals surface area (Å²) in [5, 5.41) is 10.9. The van der Waals surface area contributed by atoms with Gasteiger partial charge in [0.15, 0.2) is 11.5 Å². The summed E-state index contributed by atoms with van der Waals surface area (Å²) in [6, 6.07) is 9.23. The predicted octanol–water partition coefficient (Wildman–Crippen LogP) is 2.75. The van der Waals surface area contributed by atoms with E-state index in [0.717, 1.165) is 10.4 Å².